The van der Waals surface area contributed by atoms with E-state index in [-0.39, 0.29) is 0 Å². The average molecular weight is 383 g/mol. The Balaban J connectivity index is 1.70. The molecule has 3 N–H and O–H groups in total. The second-order valence-electron chi connectivity index (χ2n) is 7.13. The summed E-state index contributed by atoms with van der Waals surface area (Å²) in [6, 6.07) is 17.3. The molecular weight excluding hydrogens is 362 g/mol. The molecule has 0 aliphatic carbocycles. The lowest BCUT2D eigenvalue weighted by Crippen LogP contribution is -2.10. The van der Waals surface area contributed by atoms with Crippen LogP contribution in [0.4, 0.5) is 11.6 Å². The summed E-state index contributed by atoms with van der Waals surface area (Å²) in [5.41, 5.74) is 13.8. The van der Waals surface area contributed by atoms with Gasteiger partial charge in [0, 0.05) is 11.3 Å². The molecule has 0 atom stereocenters. The molecule has 3 aromatic carbocycles. The standard InChI is InChI=1S/C23H21N5O/c1-13-5-4-6-14(2)20(13)17-11-15(3)21-19(12-17)27-28-23(26-21)25-18-9-7-16(8-10-18)22(24)29/h4-12H,1-3H3,(H2,24,29)(H,25,26,28). The summed E-state index contributed by atoms with van der Waals surface area (Å²) in [5.74, 6) is -0.0669. The van der Waals surface area contributed by atoms with Crippen LogP contribution in [0.2, 0.25) is 0 Å². The molecule has 1 aromatic heterocycles. The molecule has 0 spiro atoms. The Bertz CT molecular complexity index is 1210. The van der Waals surface area contributed by atoms with Crippen molar-refractivity contribution in [3.05, 3.63) is 76.9 Å². The summed E-state index contributed by atoms with van der Waals surface area (Å²) in [6.07, 6.45) is 0. The summed E-state index contributed by atoms with van der Waals surface area (Å²) in [7, 11) is 0. The molecule has 144 valence electrons. The number of anilines is 2. The zero-order valence-corrected chi connectivity index (χ0v) is 16.5. The predicted molar refractivity (Wildman–Crippen MR) is 115 cm³/mol. The first-order valence-electron chi connectivity index (χ1n) is 9.31. The van der Waals surface area contributed by atoms with Crippen LogP contribution in [-0.4, -0.2) is 21.1 Å². The number of aryl methyl sites for hydroxylation is 3. The quantitative estimate of drug-likeness (QED) is 0.543. The third-order valence-corrected chi connectivity index (χ3v) is 4.95. The van der Waals surface area contributed by atoms with Gasteiger partial charge >= 0.3 is 0 Å². The maximum absolute atomic E-state index is 11.2. The van der Waals surface area contributed by atoms with Gasteiger partial charge in [0.15, 0.2) is 0 Å². The van der Waals surface area contributed by atoms with Gasteiger partial charge in [-0.2, -0.15) is 0 Å². The van der Waals surface area contributed by atoms with E-state index in [2.05, 4.69) is 58.6 Å². The number of nitrogens with zero attached hydrogens (tertiary/aromatic N) is 3. The van der Waals surface area contributed by atoms with Gasteiger partial charge in [0.25, 0.3) is 0 Å². The van der Waals surface area contributed by atoms with E-state index in [1.165, 1.54) is 16.7 Å². The molecule has 29 heavy (non-hydrogen) atoms. The van der Waals surface area contributed by atoms with Crippen LogP contribution in [-0.2, 0) is 0 Å². The van der Waals surface area contributed by atoms with E-state index in [4.69, 9.17) is 5.73 Å². The van der Waals surface area contributed by atoms with Gasteiger partial charge in [0.05, 0.1) is 5.52 Å². The molecule has 1 heterocycles. The lowest BCUT2D eigenvalue weighted by Gasteiger charge is -2.12. The number of fused-ring (bicyclic) bond motifs is 1. The van der Waals surface area contributed by atoms with Crippen molar-refractivity contribution in [2.45, 2.75) is 20.8 Å². The smallest absolute Gasteiger partial charge is 0.248 e. The van der Waals surface area contributed by atoms with Gasteiger partial charge in [-0.1, -0.05) is 18.2 Å². The van der Waals surface area contributed by atoms with Crippen LogP contribution in [0.15, 0.2) is 54.6 Å². The highest BCUT2D eigenvalue weighted by atomic mass is 16.1. The number of benzene rings is 3. The van der Waals surface area contributed by atoms with Gasteiger partial charge in [-0.15, -0.1) is 10.2 Å². The minimum absolute atomic E-state index is 0.396. The number of primary amides is 1. The first-order valence-corrected chi connectivity index (χ1v) is 9.31. The van der Waals surface area contributed by atoms with Gasteiger partial charge < -0.3 is 11.1 Å². The number of carbonyl (C=O) groups is 1. The van der Waals surface area contributed by atoms with Crippen LogP contribution in [0, 0.1) is 20.8 Å². The fraction of sp³-hybridized carbons (Fsp3) is 0.130. The highest BCUT2D eigenvalue weighted by molar-refractivity contribution is 5.93. The van der Waals surface area contributed by atoms with Crippen molar-refractivity contribution in [1.82, 2.24) is 15.2 Å². The van der Waals surface area contributed by atoms with E-state index in [1.54, 1.807) is 24.3 Å². The lowest BCUT2D eigenvalue weighted by atomic mass is 9.94. The Labute approximate surface area is 168 Å². The van der Waals surface area contributed by atoms with Crippen molar-refractivity contribution < 1.29 is 4.79 Å². The van der Waals surface area contributed by atoms with Gasteiger partial charge in [-0.25, -0.2) is 4.98 Å². The molecule has 0 fully saturated rings. The van der Waals surface area contributed by atoms with Gasteiger partial charge in [0.1, 0.15) is 5.52 Å². The van der Waals surface area contributed by atoms with Crippen LogP contribution in [0.25, 0.3) is 22.2 Å². The van der Waals surface area contributed by atoms with E-state index >= 15 is 0 Å². The molecule has 6 heteroatoms. The molecular formula is C23H21N5O. The van der Waals surface area contributed by atoms with Crippen molar-refractivity contribution in [1.29, 1.82) is 0 Å². The maximum atomic E-state index is 11.2. The number of hydrogen-bond donors (Lipinski definition) is 2. The molecule has 6 nitrogen and oxygen atoms in total. The van der Waals surface area contributed by atoms with E-state index in [1.807, 2.05) is 13.0 Å². The van der Waals surface area contributed by atoms with Crippen LogP contribution in [0.1, 0.15) is 27.0 Å². The molecule has 4 rings (SSSR count). The minimum Gasteiger partial charge on any atom is -0.366 e. The molecule has 0 bridgehead atoms. The predicted octanol–water partition coefficient (Wildman–Crippen LogP) is 4.46. The Hall–Kier alpha value is -3.80. The van der Waals surface area contributed by atoms with Crippen molar-refractivity contribution >= 4 is 28.6 Å². The Morgan fingerprint density at radius 1 is 0.897 bits per heavy atom. The second kappa shape index (κ2) is 7.31. The Morgan fingerprint density at radius 3 is 2.24 bits per heavy atom. The number of nitrogens with one attached hydrogen (secondary N) is 1. The number of hydrogen-bond acceptors (Lipinski definition) is 5. The number of aromatic nitrogens is 3. The fourth-order valence-electron chi connectivity index (χ4n) is 3.53. The van der Waals surface area contributed by atoms with E-state index < -0.39 is 5.91 Å². The number of rotatable bonds is 4. The molecule has 4 aromatic rings. The third kappa shape index (κ3) is 3.65. The van der Waals surface area contributed by atoms with Gasteiger partial charge in [-0.3, -0.25) is 4.79 Å². The molecule has 0 saturated heterocycles. The lowest BCUT2D eigenvalue weighted by molar-refractivity contribution is 0.100. The minimum atomic E-state index is -0.463. The van der Waals surface area contributed by atoms with Gasteiger partial charge in [0.2, 0.25) is 11.9 Å². The summed E-state index contributed by atoms with van der Waals surface area (Å²) in [6.45, 7) is 6.25. The number of nitrogens with two attached hydrogens (primary N) is 1. The molecule has 0 unspecified atom stereocenters. The maximum Gasteiger partial charge on any atom is 0.248 e. The number of amides is 1. The van der Waals surface area contributed by atoms with Crippen molar-refractivity contribution in [3.8, 4) is 11.1 Å². The Kier molecular flexibility index (Phi) is 4.68. The van der Waals surface area contributed by atoms with Crippen LogP contribution in [0.3, 0.4) is 0 Å². The SMILES string of the molecule is Cc1cccc(C)c1-c1cc(C)c2nc(Nc3ccc(C(N)=O)cc3)nnc2c1. The van der Waals surface area contributed by atoms with Gasteiger partial charge in [-0.05, 0) is 85.0 Å². The average Bonchev–Trinajstić information content (AvgIpc) is 2.69. The third-order valence-electron chi connectivity index (χ3n) is 4.95. The normalized spacial score (nSPS) is 10.9. The Morgan fingerprint density at radius 2 is 1.59 bits per heavy atom. The molecule has 0 radical (unpaired) electrons. The summed E-state index contributed by atoms with van der Waals surface area (Å²) < 4.78 is 0. The zero-order valence-electron chi connectivity index (χ0n) is 16.5. The van der Waals surface area contributed by atoms with Crippen LogP contribution < -0.4 is 11.1 Å². The highest BCUT2D eigenvalue weighted by Crippen LogP contribution is 2.31. The van der Waals surface area contributed by atoms with Crippen molar-refractivity contribution in [2.75, 3.05) is 5.32 Å². The highest BCUT2D eigenvalue weighted by Gasteiger charge is 2.11. The van der Waals surface area contributed by atoms with E-state index in [9.17, 15) is 4.79 Å². The monoisotopic (exact) mass is 383 g/mol. The number of carbonyl (C=O) groups excluding carboxylic acids is 1. The van der Waals surface area contributed by atoms with E-state index in [0.29, 0.717) is 11.5 Å². The fourth-order valence-corrected chi connectivity index (χ4v) is 3.53. The largest absolute Gasteiger partial charge is 0.366 e. The second-order valence-corrected chi connectivity index (χ2v) is 7.13. The molecule has 1 amide bonds. The molecule has 0 saturated carbocycles. The topological polar surface area (TPSA) is 93.8 Å². The zero-order chi connectivity index (χ0) is 20.5. The molecule has 0 aliphatic rings. The van der Waals surface area contributed by atoms with Crippen LogP contribution in [0.5, 0.6) is 0 Å². The van der Waals surface area contributed by atoms with Crippen molar-refractivity contribution in [3.63, 3.8) is 0 Å². The van der Waals surface area contributed by atoms with Crippen LogP contribution >= 0.6 is 0 Å². The summed E-state index contributed by atoms with van der Waals surface area (Å²) in [4.78, 5) is 15.8. The van der Waals surface area contributed by atoms with Crippen molar-refractivity contribution in [2.24, 2.45) is 5.73 Å². The van der Waals surface area contributed by atoms with E-state index in [0.717, 1.165) is 27.8 Å². The molecule has 0 aliphatic heterocycles. The summed E-state index contributed by atoms with van der Waals surface area (Å²) >= 11 is 0. The first-order chi connectivity index (χ1) is 13.9. The summed E-state index contributed by atoms with van der Waals surface area (Å²) in [5, 5.41) is 11.7. The first kappa shape index (κ1) is 18.6.